The quantitative estimate of drug-likeness (QED) is 0.762. The molecule has 1 rings (SSSR count). The molecule has 1 unspecified atom stereocenters. The Balaban J connectivity index is 3.18. The predicted octanol–water partition coefficient (Wildman–Crippen LogP) is 2.64. The molecule has 20 heavy (non-hydrogen) atoms. The average Bonchev–Trinajstić information content (AvgIpc) is 2.40. The van der Waals surface area contributed by atoms with Gasteiger partial charge in [0.25, 0.3) is 0 Å². The Hall–Kier alpha value is -0.0800. The van der Waals surface area contributed by atoms with Crippen molar-refractivity contribution in [2.45, 2.75) is 37.8 Å². The summed E-state index contributed by atoms with van der Waals surface area (Å²) in [5, 5.41) is 0. The fourth-order valence-corrected chi connectivity index (χ4v) is 4.92. The Morgan fingerprint density at radius 3 is 2.60 bits per heavy atom. The van der Waals surface area contributed by atoms with Gasteiger partial charge in [-0.25, -0.2) is 13.1 Å². The number of rotatable bonds is 7. The van der Waals surface area contributed by atoms with Crippen molar-refractivity contribution in [3.8, 4) is 0 Å². The largest absolute Gasteiger partial charge is 0.326 e. The van der Waals surface area contributed by atoms with Gasteiger partial charge in [0.15, 0.2) is 0 Å². The van der Waals surface area contributed by atoms with Crippen molar-refractivity contribution in [1.82, 2.24) is 4.72 Å². The summed E-state index contributed by atoms with van der Waals surface area (Å²) in [5.41, 5.74) is 7.11. The Morgan fingerprint density at radius 1 is 1.45 bits per heavy atom. The number of nitrogens with two attached hydrogens (primary N) is 1. The summed E-state index contributed by atoms with van der Waals surface area (Å²) in [5.74, 6) is 0.756. The molecule has 0 aliphatic rings. The normalized spacial score (nSPS) is 13.4. The van der Waals surface area contributed by atoms with E-state index in [9.17, 15) is 8.42 Å². The van der Waals surface area contributed by atoms with Crippen molar-refractivity contribution in [3.05, 3.63) is 27.7 Å². The lowest BCUT2D eigenvalue weighted by Gasteiger charge is -2.18. The first-order chi connectivity index (χ1) is 9.35. The van der Waals surface area contributed by atoms with E-state index in [0.717, 1.165) is 22.2 Å². The summed E-state index contributed by atoms with van der Waals surface area (Å²) >= 11 is 5.02. The van der Waals surface area contributed by atoms with Crippen LogP contribution in [0.3, 0.4) is 0 Å². The van der Waals surface area contributed by atoms with Crippen LogP contribution in [0.15, 0.2) is 21.5 Å². The van der Waals surface area contributed by atoms with E-state index in [-0.39, 0.29) is 6.04 Å². The zero-order valence-electron chi connectivity index (χ0n) is 11.9. The third-order valence-corrected chi connectivity index (χ3v) is 6.27. The monoisotopic (exact) mass is 380 g/mol. The van der Waals surface area contributed by atoms with Crippen molar-refractivity contribution in [2.75, 3.05) is 12.0 Å². The maximum atomic E-state index is 12.5. The third-order valence-electron chi connectivity index (χ3n) is 3.06. The number of halogens is 1. The molecule has 1 aromatic carbocycles. The van der Waals surface area contributed by atoms with Crippen molar-refractivity contribution in [3.63, 3.8) is 0 Å². The van der Waals surface area contributed by atoms with Crippen LogP contribution in [-0.4, -0.2) is 26.5 Å². The van der Waals surface area contributed by atoms with E-state index in [1.54, 1.807) is 24.8 Å². The smallest absolute Gasteiger partial charge is 0.241 e. The highest BCUT2D eigenvalue weighted by molar-refractivity contribution is 9.10. The van der Waals surface area contributed by atoms with Gasteiger partial charge in [0.05, 0.1) is 4.90 Å². The number of sulfonamides is 1. The van der Waals surface area contributed by atoms with Gasteiger partial charge in [-0.3, -0.25) is 0 Å². The highest BCUT2D eigenvalue weighted by Gasteiger charge is 2.22. The molecule has 7 heteroatoms. The molecule has 0 spiro atoms. The summed E-state index contributed by atoms with van der Waals surface area (Å²) in [4.78, 5) is 0.298. The van der Waals surface area contributed by atoms with Gasteiger partial charge in [-0.1, -0.05) is 22.9 Å². The van der Waals surface area contributed by atoms with Gasteiger partial charge >= 0.3 is 0 Å². The van der Waals surface area contributed by atoms with Gasteiger partial charge in [-0.15, -0.1) is 0 Å². The predicted molar refractivity (Wildman–Crippen MR) is 89.6 cm³/mol. The summed E-state index contributed by atoms with van der Waals surface area (Å²) in [6.45, 7) is 4.07. The molecule has 0 heterocycles. The van der Waals surface area contributed by atoms with Gasteiger partial charge in [-0.05, 0) is 42.9 Å². The lowest BCUT2D eigenvalue weighted by molar-refractivity contribution is 0.557. The van der Waals surface area contributed by atoms with Crippen LogP contribution in [0.4, 0.5) is 0 Å². The highest BCUT2D eigenvalue weighted by atomic mass is 79.9. The highest BCUT2D eigenvalue weighted by Crippen LogP contribution is 2.26. The van der Waals surface area contributed by atoms with Crippen molar-refractivity contribution in [1.29, 1.82) is 0 Å². The maximum Gasteiger partial charge on any atom is 0.241 e. The second-order valence-electron chi connectivity index (χ2n) is 4.59. The SMILES string of the molecule is CCC(CSC)NS(=O)(=O)c1cc(CN)cc(Br)c1C. The van der Waals surface area contributed by atoms with E-state index in [1.807, 2.05) is 19.2 Å². The number of hydrogen-bond acceptors (Lipinski definition) is 4. The van der Waals surface area contributed by atoms with Gasteiger partial charge < -0.3 is 5.73 Å². The minimum atomic E-state index is -3.53. The Bertz CT molecular complexity index is 562. The van der Waals surface area contributed by atoms with Gasteiger partial charge in [0.2, 0.25) is 10.0 Å². The van der Waals surface area contributed by atoms with Crippen LogP contribution < -0.4 is 10.5 Å². The molecule has 0 amide bonds. The van der Waals surface area contributed by atoms with E-state index in [2.05, 4.69) is 20.7 Å². The summed E-state index contributed by atoms with van der Waals surface area (Å²) in [7, 11) is -3.53. The topological polar surface area (TPSA) is 72.2 Å². The fraction of sp³-hybridized carbons (Fsp3) is 0.538. The third kappa shape index (κ3) is 4.46. The van der Waals surface area contributed by atoms with E-state index in [4.69, 9.17) is 5.73 Å². The van der Waals surface area contributed by atoms with Gasteiger partial charge in [0, 0.05) is 22.8 Å². The minimum Gasteiger partial charge on any atom is -0.326 e. The second-order valence-corrected chi connectivity index (χ2v) is 8.03. The van der Waals surface area contributed by atoms with Crippen LogP contribution in [-0.2, 0) is 16.6 Å². The lowest BCUT2D eigenvalue weighted by atomic mass is 10.1. The van der Waals surface area contributed by atoms with Crippen molar-refractivity contribution < 1.29 is 8.42 Å². The first-order valence-corrected chi connectivity index (χ1v) is 10.0. The molecule has 4 nitrogen and oxygen atoms in total. The molecular weight excluding hydrogens is 360 g/mol. The summed E-state index contributed by atoms with van der Waals surface area (Å²) < 4.78 is 28.6. The standard InChI is InChI=1S/C13H21BrN2O2S2/c1-4-11(8-19-3)16-20(17,18)13-6-10(7-15)5-12(14)9(13)2/h5-6,11,16H,4,7-8,15H2,1-3H3. The first kappa shape index (κ1) is 18.0. The average molecular weight is 381 g/mol. The van der Waals surface area contributed by atoms with Crippen LogP contribution in [0.25, 0.3) is 0 Å². The number of thioether (sulfide) groups is 1. The van der Waals surface area contributed by atoms with E-state index < -0.39 is 10.0 Å². The van der Waals surface area contributed by atoms with Crippen LogP contribution in [0.5, 0.6) is 0 Å². The molecule has 0 saturated carbocycles. The Morgan fingerprint density at radius 2 is 2.10 bits per heavy atom. The molecule has 0 aromatic heterocycles. The maximum absolute atomic E-state index is 12.5. The first-order valence-electron chi connectivity index (χ1n) is 6.36. The molecule has 0 bridgehead atoms. The molecule has 0 aliphatic carbocycles. The number of hydrogen-bond donors (Lipinski definition) is 2. The summed E-state index contributed by atoms with van der Waals surface area (Å²) in [6.07, 6.45) is 2.73. The fourth-order valence-electron chi connectivity index (χ4n) is 1.82. The van der Waals surface area contributed by atoms with Gasteiger partial charge in [-0.2, -0.15) is 11.8 Å². The van der Waals surface area contributed by atoms with Crippen molar-refractivity contribution >= 4 is 37.7 Å². The molecular formula is C13H21BrN2O2S2. The van der Waals surface area contributed by atoms with Crippen LogP contribution >= 0.6 is 27.7 Å². The molecule has 1 atom stereocenters. The lowest BCUT2D eigenvalue weighted by Crippen LogP contribution is -2.36. The van der Waals surface area contributed by atoms with E-state index >= 15 is 0 Å². The van der Waals surface area contributed by atoms with Crippen LogP contribution in [0, 0.1) is 6.92 Å². The molecule has 1 aromatic rings. The Labute approximate surface area is 134 Å². The van der Waals surface area contributed by atoms with Crippen LogP contribution in [0.2, 0.25) is 0 Å². The number of nitrogens with one attached hydrogen (secondary N) is 1. The van der Waals surface area contributed by atoms with Crippen molar-refractivity contribution in [2.24, 2.45) is 5.73 Å². The molecule has 114 valence electrons. The Kier molecular flexibility index (Phi) is 7.00. The molecule has 0 aliphatic heterocycles. The molecule has 0 saturated heterocycles. The molecule has 0 fully saturated rings. The molecule has 3 N–H and O–H groups in total. The zero-order valence-corrected chi connectivity index (χ0v) is 15.2. The molecule has 0 radical (unpaired) electrons. The minimum absolute atomic E-state index is 0.0605. The number of benzene rings is 1. The van der Waals surface area contributed by atoms with Crippen LogP contribution in [0.1, 0.15) is 24.5 Å². The van der Waals surface area contributed by atoms with E-state index in [1.165, 1.54) is 0 Å². The zero-order chi connectivity index (χ0) is 15.3. The summed E-state index contributed by atoms with van der Waals surface area (Å²) in [6, 6.07) is 3.44. The van der Waals surface area contributed by atoms with Gasteiger partial charge in [0.1, 0.15) is 0 Å². The second kappa shape index (κ2) is 7.79. The van der Waals surface area contributed by atoms with E-state index in [0.29, 0.717) is 17.0 Å².